The Bertz CT molecular complexity index is 1350. The summed E-state index contributed by atoms with van der Waals surface area (Å²) in [6, 6.07) is 24.0. The molecule has 1 amide bonds. The van der Waals surface area contributed by atoms with Crippen molar-refractivity contribution in [2.75, 3.05) is 10.6 Å². The number of hydrogen-bond donors (Lipinski definition) is 2. The largest absolute Gasteiger partial charge is 0.489 e. The molecule has 3 aromatic carbocycles. The molecule has 1 aliphatic heterocycles. The molecule has 0 unspecified atom stereocenters. The van der Waals surface area contributed by atoms with E-state index < -0.39 is 6.04 Å². The fourth-order valence-corrected chi connectivity index (χ4v) is 4.10. The van der Waals surface area contributed by atoms with Gasteiger partial charge in [-0.3, -0.25) is 4.79 Å². The van der Waals surface area contributed by atoms with Crippen molar-refractivity contribution < 1.29 is 9.53 Å². The normalized spacial score (nSPS) is 14.8. The molecule has 2 heterocycles. The molecule has 0 fully saturated rings. The molecule has 34 heavy (non-hydrogen) atoms. The van der Waals surface area contributed by atoms with E-state index in [2.05, 4.69) is 20.7 Å². The highest BCUT2D eigenvalue weighted by atomic mass is 35.5. The lowest BCUT2D eigenvalue weighted by molar-refractivity contribution is -0.113. The van der Waals surface area contributed by atoms with E-state index >= 15 is 0 Å². The van der Waals surface area contributed by atoms with Gasteiger partial charge in [-0.15, -0.1) is 0 Å². The maximum atomic E-state index is 13.5. The Morgan fingerprint density at radius 2 is 1.79 bits per heavy atom. The van der Waals surface area contributed by atoms with Crippen LogP contribution in [0.25, 0.3) is 0 Å². The molecule has 1 atom stereocenters. The van der Waals surface area contributed by atoms with Gasteiger partial charge in [0.2, 0.25) is 5.95 Å². The van der Waals surface area contributed by atoms with Crippen LogP contribution in [0.15, 0.2) is 96.5 Å². The third kappa shape index (κ3) is 4.38. The van der Waals surface area contributed by atoms with Gasteiger partial charge in [0.25, 0.3) is 5.91 Å². The summed E-state index contributed by atoms with van der Waals surface area (Å²) in [4.78, 5) is 17.8. The van der Waals surface area contributed by atoms with Crippen LogP contribution < -0.4 is 15.4 Å². The Hall–Kier alpha value is -4.10. The first-order valence-electron chi connectivity index (χ1n) is 10.8. The minimum atomic E-state index is -0.524. The molecule has 1 aromatic heterocycles. The number of halogens is 1. The van der Waals surface area contributed by atoms with Crippen molar-refractivity contribution in [2.24, 2.45) is 0 Å². The molecule has 0 saturated heterocycles. The second kappa shape index (κ2) is 9.41. The van der Waals surface area contributed by atoms with Gasteiger partial charge in [0.05, 0.1) is 5.57 Å². The van der Waals surface area contributed by atoms with E-state index in [1.54, 1.807) is 4.68 Å². The second-order valence-electron chi connectivity index (χ2n) is 7.87. The Balaban J connectivity index is 1.51. The number of allylic oxidation sites excluding steroid dienone is 1. The van der Waals surface area contributed by atoms with Gasteiger partial charge in [0, 0.05) is 22.0 Å². The predicted molar refractivity (Wildman–Crippen MR) is 132 cm³/mol. The van der Waals surface area contributed by atoms with Gasteiger partial charge < -0.3 is 15.4 Å². The van der Waals surface area contributed by atoms with E-state index in [4.69, 9.17) is 16.3 Å². The summed E-state index contributed by atoms with van der Waals surface area (Å²) in [7, 11) is 0. The van der Waals surface area contributed by atoms with E-state index in [0.717, 1.165) is 11.1 Å². The van der Waals surface area contributed by atoms with Crippen molar-refractivity contribution in [2.45, 2.75) is 19.6 Å². The molecule has 0 bridgehead atoms. The minimum Gasteiger partial charge on any atom is -0.489 e. The fourth-order valence-electron chi connectivity index (χ4n) is 3.97. The summed E-state index contributed by atoms with van der Waals surface area (Å²) >= 11 is 6.00. The molecule has 8 heteroatoms. The van der Waals surface area contributed by atoms with Crippen molar-refractivity contribution >= 4 is 29.1 Å². The minimum absolute atomic E-state index is 0.227. The van der Waals surface area contributed by atoms with E-state index in [0.29, 0.717) is 40.3 Å². The standard InChI is InChI=1S/C26H22ClN5O2/c1-17-23(25(33)31-20-7-3-2-4-8-20)24(32-26(30-17)28-16-29-32)21-9-5-6-10-22(21)34-15-18-11-13-19(27)14-12-18/h2-14,16,24H,15H2,1H3,(H,31,33)(H,28,29,30)/t24-/m1/s1. The lowest BCUT2D eigenvalue weighted by Gasteiger charge is -2.29. The summed E-state index contributed by atoms with van der Waals surface area (Å²) in [6.45, 7) is 2.22. The van der Waals surface area contributed by atoms with Gasteiger partial charge in [0.15, 0.2) is 0 Å². The summed E-state index contributed by atoms with van der Waals surface area (Å²) in [6.07, 6.45) is 1.47. The number of nitrogens with zero attached hydrogens (tertiary/aromatic N) is 3. The first-order chi connectivity index (χ1) is 16.6. The number of fused-ring (bicyclic) bond motifs is 1. The van der Waals surface area contributed by atoms with E-state index in [-0.39, 0.29) is 5.91 Å². The topological polar surface area (TPSA) is 81.1 Å². The predicted octanol–water partition coefficient (Wildman–Crippen LogP) is 5.44. The van der Waals surface area contributed by atoms with Crippen molar-refractivity contribution in [1.29, 1.82) is 0 Å². The number of rotatable bonds is 6. The van der Waals surface area contributed by atoms with Gasteiger partial charge in [-0.2, -0.15) is 10.1 Å². The first-order valence-corrected chi connectivity index (χ1v) is 11.2. The van der Waals surface area contributed by atoms with E-state index in [1.807, 2.05) is 85.8 Å². The Kier molecular flexibility index (Phi) is 6.01. The number of anilines is 2. The molecule has 2 N–H and O–H groups in total. The maximum Gasteiger partial charge on any atom is 0.255 e. The molecule has 0 saturated carbocycles. The van der Waals surface area contributed by atoms with Crippen molar-refractivity contribution in [3.8, 4) is 5.75 Å². The lowest BCUT2D eigenvalue weighted by atomic mass is 9.94. The average Bonchev–Trinajstić information content (AvgIpc) is 3.32. The molecule has 4 aromatic rings. The zero-order valence-corrected chi connectivity index (χ0v) is 19.2. The molecule has 1 aliphatic rings. The highest BCUT2D eigenvalue weighted by molar-refractivity contribution is 6.30. The fraction of sp³-hybridized carbons (Fsp3) is 0.115. The number of amides is 1. The maximum absolute atomic E-state index is 13.5. The highest BCUT2D eigenvalue weighted by Crippen LogP contribution is 2.39. The summed E-state index contributed by atoms with van der Waals surface area (Å²) in [5.41, 5.74) is 3.74. The number of carbonyl (C=O) groups is 1. The second-order valence-corrected chi connectivity index (χ2v) is 8.30. The number of nitrogens with one attached hydrogen (secondary N) is 2. The number of ether oxygens (including phenoxy) is 1. The van der Waals surface area contributed by atoms with Crippen LogP contribution in [0.5, 0.6) is 5.75 Å². The zero-order valence-electron chi connectivity index (χ0n) is 18.4. The SMILES string of the molecule is CC1=C(C(=O)Nc2ccccc2)[C@@H](c2ccccc2OCc2ccc(Cl)cc2)n2ncnc2N1. The van der Waals surface area contributed by atoms with Crippen LogP contribution in [-0.4, -0.2) is 20.7 Å². The number of carbonyl (C=O) groups excluding carboxylic acids is 1. The number of hydrogen-bond acceptors (Lipinski definition) is 5. The van der Waals surface area contributed by atoms with Crippen LogP contribution in [0.3, 0.4) is 0 Å². The van der Waals surface area contributed by atoms with Crippen molar-refractivity contribution in [3.05, 3.63) is 113 Å². The van der Waals surface area contributed by atoms with Gasteiger partial charge in [0.1, 0.15) is 24.7 Å². The number of aromatic nitrogens is 3. The Morgan fingerprint density at radius 3 is 2.59 bits per heavy atom. The molecule has 7 nitrogen and oxygen atoms in total. The summed E-state index contributed by atoms with van der Waals surface area (Å²) in [5, 5.41) is 11.3. The zero-order chi connectivity index (χ0) is 23.5. The van der Waals surface area contributed by atoms with E-state index in [9.17, 15) is 4.79 Å². The van der Waals surface area contributed by atoms with Crippen LogP contribution in [0, 0.1) is 0 Å². The highest BCUT2D eigenvalue weighted by Gasteiger charge is 2.35. The molecular formula is C26H22ClN5O2. The van der Waals surface area contributed by atoms with Crippen LogP contribution in [0.4, 0.5) is 11.6 Å². The average molecular weight is 472 g/mol. The first kappa shape index (κ1) is 21.7. The third-order valence-electron chi connectivity index (χ3n) is 5.59. The molecule has 0 aliphatic carbocycles. The monoisotopic (exact) mass is 471 g/mol. The van der Waals surface area contributed by atoms with Crippen LogP contribution in [0.2, 0.25) is 5.02 Å². The molecular weight excluding hydrogens is 450 g/mol. The van der Waals surface area contributed by atoms with Crippen LogP contribution in [-0.2, 0) is 11.4 Å². The number of para-hydroxylation sites is 2. The Morgan fingerprint density at radius 1 is 1.06 bits per heavy atom. The van der Waals surface area contributed by atoms with Crippen LogP contribution >= 0.6 is 11.6 Å². The van der Waals surface area contributed by atoms with Gasteiger partial charge in [-0.05, 0) is 42.8 Å². The quantitative estimate of drug-likeness (QED) is 0.391. The Labute approximate surface area is 202 Å². The van der Waals surface area contributed by atoms with Gasteiger partial charge in [-0.25, -0.2) is 4.68 Å². The van der Waals surface area contributed by atoms with Gasteiger partial charge in [-0.1, -0.05) is 60.1 Å². The lowest BCUT2D eigenvalue weighted by Crippen LogP contribution is -2.31. The smallest absolute Gasteiger partial charge is 0.255 e. The molecule has 0 radical (unpaired) electrons. The molecule has 5 rings (SSSR count). The van der Waals surface area contributed by atoms with Crippen molar-refractivity contribution in [3.63, 3.8) is 0 Å². The molecule has 170 valence electrons. The van der Waals surface area contributed by atoms with Crippen molar-refractivity contribution in [1.82, 2.24) is 14.8 Å². The van der Waals surface area contributed by atoms with Crippen LogP contribution in [0.1, 0.15) is 24.1 Å². The summed E-state index contributed by atoms with van der Waals surface area (Å²) < 4.78 is 7.92. The third-order valence-corrected chi connectivity index (χ3v) is 5.84. The number of benzene rings is 3. The van der Waals surface area contributed by atoms with E-state index in [1.165, 1.54) is 6.33 Å². The summed E-state index contributed by atoms with van der Waals surface area (Å²) in [5.74, 6) is 0.990. The van der Waals surface area contributed by atoms with Gasteiger partial charge >= 0.3 is 0 Å². The molecule has 0 spiro atoms.